The summed E-state index contributed by atoms with van der Waals surface area (Å²) in [7, 11) is 0. The zero-order valence-electron chi connectivity index (χ0n) is 15.0. The first-order valence-electron chi connectivity index (χ1n) is 9.15. The first kappa shape index (κ1) is 17.7. The van der Waals surface area contributed by atoms with Crippen molar-refractivity contribution < 1.29 is 9.53 Å². The van der Waals surface area contributed by atoms with E-state index in [-0.39, 0.29) is 18.6 Å². The van der Waals surface area contributed by atoms with Gasteiger partial charge in [0, 0.05) is 18.1 Å². The van der Waals surface area contributed by atoms with Crippen molar-refractivity contribution in [3.63, 3.8) is 0 Å². The third-order valence-corrected chi connectivity index (χ3v) is 5.61. The van der Waals surface area contributed by atoms with Gasteiger partial charge < -0.3 is 9.64 Å². The number of ether oxygens (including phenoxy) is 1. The van der Waals surface area contributed by atoms with E-state index >= 15 is 0 Å². The van der Waals surface area contributed by atoms with Crippen molar-refractivity contribution in [2.45, 2.75) is 25.3 Å². The number of para-hydroxylation sites is 1. The number of amides is 1. The molecule has 2 aromatic heterocycles. The van der Waals surface area contributed by atoms with Gasteiger partial charge in [-0.05, 0) is 43.5 Å². The molecule has 27 heavy (non-hydrogen) atoms. The highest BCUT2D eigenvalue weighted by atomic mass is 32.1. The van der Waals surface area contributed by atoms with Crippen LogP contribution in [0.25, 0.3) is 11.4 Å². The van der Waals surface area contributed by atoms with E-state index < -0.39 is 0 Å². The Bertz CT molecular complexity index is 883. The molecule has 1 saturated heterocycles. The molecule has 1 atom stereocenters. The van der Waals surface area contributed by atoms with Gasteiger partial charge in [-0.3, -0.25) is 9.78 Å². The molecule has 138 valence electrons. The lowest BCUT2D eigenvalue weighted by atomic mass is 10.0. The maximum absolute atomic E-state index is 12.8. The number of aromatic nitrogens is 2. The fraction of sp³-hybridized carbons (Fsp3) is 0.286. The molecule has 0 N–H and O–H groups in total. The summed E-state index contributed by atoms with van der Waals surface area (Å²) in [5, 5.41) is 3.00. The number of pyridine rings is 1. The Kier molecular flexibility index (Phi) is 5.44. The van der Waals surface area contributed by atoms with Crippen LogP contribution in [-0.2, 0) is 4.79 Å². The lowest BCUT2D eigenvalue weighted by molar-refractivity contribution is -0.137. The van der Waals surface area contributed by atoms with Gasteiger partial charge in [0.2, 0.25) is 0 Å². The number of carbonyl (C=O) groups is 1. The summed E-state index contributed by atoms with van der Waals surface area (Å²) in [5.74, 6) is 0.726. The number of rotatable bonds is 5. The average Bonchev–Trinajstić information content (AvgIpc) is 3.23. The fourth-order valence-electron chi connectivity index (χ4n) is 3.30. The van der Waals surface area contributed by atoms with Crippen LogP contribution >= 0.6 is 11.3 Å². The number of likely N-dealkylation sites (tertiary alicyclic amines) is 1. The summed E-state index contributed by atoms with van der Waals surface area (Å²) in [4.78, 5) is 23.9. The molecule has 1 unspecified atom stereocenters. The number of thiazole rings is 1. The first-order valence-corrected chi connectivity index (χ1v) is 10.0. The van der Waals surface area contributed by atoms with Gasteiger partial charge in [0.15, 0.2) is 6.61 Å². The zero-order chi connectivity index (χ0) is 18.5. The molecule has 0 bridgehead atoms. The number of benzene rings is 1. The monoisotopic (exact) mass is 379 g/mol. The van der Waals surface area contributed by atoms with Gasteiger partial charge in [-0.25, -0.2) is 4.98 Å². The van der Waals surface area contributed by atoms with Crippen LogP contribution in [0.5, 0.6) is 5.75 Å². The van der Waals surface area contributed by atoms with E-state index in [4.69, 9.17) is 9.72 Å². The van der Waals surface area contributed by atoms with Gasteiger partial charge in [-0.15, -0.1) is 11.3 Å². The number of nitrogens with zero attached hydrogens (tertiary/aromatic N) is 3. The molecule has 3 aromatic rings. The van der Waals surface area contributed by atoms with Crippen LogP contribution in [0.15, 0.2) is 60.1 Å². The van der Waals surface area contributed by atoms with Crippen LogP contribution in [0, 0.1) is 0 Å². The summed E-state index contributed by atoms with van der Waals surface area (Å²) >= 11 is 1.60. The van der Waals surface area contributed by atoms with E-state index in [1.165, 1.54) is 0 Å². The maximum atomic E-state index is 12.8. The molecule has 0 saturated carbocycles. The molecule has 0 radical (unpaired) electrons. The van der Waals surface area contributed by atoms with E-state index in [1.54, 1.807) is 17.5 Å². The van der Waals surface area contributed by atoms with Crippen LogP contribution in [0.2, 0.25) is 0 Å². The van der Waals surface area contributed by atoms with Crippen LogP contribution in [0.3, 0.4) is 0 Å². The predicted molar refractivity (Wildman–Crippen MR) is 106 cm³/mol. The minimum atomic E-state index is 0.0122. The van der Waals surface area contributed by atoms with E-state index in [1.807, 2.05) is 58.8 Å². The molecule has 1 amide bonds. The minimum Gasteiger partial charge on any atom is -0.484 e. The van der Waals surface area contributed by atoms with E-state index in [2.05, 4.69) is 4.98 Å². The Morgan fingerprint density at radius 1 is 1.11 bits per heavy atom. The molecule has 4 rings (SSSR count). The normalized spacial score (nSPS) is 16.9. The number of hydrogen-bond acceptors (Lipinski definition) is 5. The summed E-state index contributed by atoms with van der Waals surface area (Å²) < 4.78 is 5.66. The lowest BCUT2D eigenvalue weighted by Gasteiger charge is -2.34. The van der Waals surface area contributed by atoms with Crippen LogP contribution < -0.4 is 4.74 Å². The first-order chi connectivity index (χ1) is 13.3. The van der Waals surface area contributed by atoms with Gasteiger partial charge in [0.1, 0.15) is 10.8 Å². The number of carbonyl (C=O) groups excluding carboxylic acids is 1. The molecule has 1 aliphatic rings. The third-order valence-electron chi connectivity index (χ3n) is 4.66. The molecule has 0 aliphatic carbocycles. The minimum absolute atomic E-state index is 0.0122. The van der Waals surface area contributed by atoms with Crippen molar-refractivity contribution in [3.8, 4) is 17.1 Å². The van der Waals surface area contributed by atoms with Crippen molar-refractivity contribution in [2.75, 3.05) is 13.2 Å². The summed E-state index contributed by atoms with van der Waals surface area (Å²) in [5.41, 5.74) is 1.73. The Hall–Kier alpha value is -2.73. The molecular weight excluding hydrogens is 358 g/mol. The summed E-state index contributed by atoms with van der Waals surface area (Å²) in [6.07, 6.45) is 4.83. The molecule has 3 heterocycles. The van der Waals surface area contributed by atoms with E-state index in [0.717, 1.165) is 42.2 Å². The standard InChI is InChI=1S/C21H21N3O2S/c25-20(14-26-16-8-2-1-3-9-16)24-13-7-5-11-19(24)21-23-18(15-27-21)17-10-4-6-12-22-17/h1-4,6,8-10,12,15,19H,5,7,11,13-14H2. The van der Waals surface area contributed by atoms with Crippen molar-refractivity contribution in [3.05, 3.63) is 65.1 Å². The van der Waals surface area contributed by atoms with Crippen molar-refractivity contribution >= 4 is 17.2 Å². The third kappa shape index (κ3) is 4.17. The zero-order valence-corrected chi connectivity index (χ0v) is 15.8. The topological polar surface area (TPSA) is 55.3 Å². The van der Waals surface area contributed by atoms with Crippen molar-refractivity contribution in [1.29, 1.82) is 0 Å². The van der Waals surface area contributed by atoms with Gasteiger partial charge in [-0.1, -0.05) is 24.3 Å². The summed E-state index contributed by atoms with van der Waals surface area (Å²) in [6, 6.07) is 15.3. The molecule has 0 spiro atoms. The fourth-order valence-corrected chi connectivity index (χ4v) is 4.26. The summed E-state index contributed by atoms with van der Waals surface area (Å²) in [6.45, 7) is 0.805. The van der Waals surface area contributed by atoms with Crippen LogP contribution in [0.4, 0.5) is 0 Å². The van der Waals surface area contributed by atoms with E-state index in [9.17, 15) is 4.79 Å². The Labute approximate surface area is 162 Å². The Balaban J connectivity index is 1.47. The largest absolute Gasteiger partial charge is 0.484 e. The Morgan fingerprint density at radius 2 is 1.96 bits per heavy atom. The van der Waals surface area contributed by atoms with Gasteiger partial charge >= 0.3 is 0 Å². The van der Waals surface area contributed by atoms with Crippen LogP contribution in [0.1, 0.15) is 30.3 Å². The second kappa shape index (κ2) is 8.31. The quantitative estimate of drug-likeness (QED) is 0.662. The molecule has 5 nitrogen and oxygen atoms in total. The number of hydrogen-bond donors (Lipinski definition) is 0. The Morgan fingerprint density at radius 3 is 2.78 bits per heavy atom. The molecule has 6 heteroatoms. The van der Waals surface area contributed by atoms with Gasteiger partial charge in [0.25, 0.3) is 5.91 Å². The molecule has 1 aromatic carbocycles. The van der Waals surface area contributed by atoms with Crippen molar-refractivity contribution in [1.82, 2.24) is 14.9 Å². The van der Waals surface area contributed by atoms with Crippen LogP contribution in [-0.4, -0.2) is 33.9 Å². The maximum Gasteiger partial charge on any atom is 0.261 e. The number of piperidine rings is 1. The molecule has 1 aliphatic heterocycles. The second-order valence-electron chi connectivity index (χ2n) is 6.49. The SMILES string of the molecule is O=C(COc1ccccc1)N1CCCCC1c1nc(-c2ccccn2)cs1. The highest BCUT2D eigenvalue weighted by Gasteiger charge is 2.30. The molecule has 1 fully saturated rings. The van der Waals surface area contributed by atoms with Crippen molar-refractivity contribution in [2.24, 2.45) is 0 Å². The van der Waals surface area contributed by atoms with Gasteiger partial charge in [0.05, 0.1) is 17.4 Å². The average molecular weight is 379 g/mol. The second-order valence-corrected chi connectivity index (χ2v) is 7.38. The predicted octanol–water partition coefficient (Wildman–Crippen LogP) is 4.34. The molecular formula is C21H21N3O2S. The highest BCUT2D eigenvalue weighted by Crippen LogP contribution is 2.34. The smallest absolute Gasteiger partial charge is 0.261 e. The van der Waals surface area contributed by atoms with E-state index in [0.29, 0.717) is 5.75 Å². The highest BCUT2D eigenvalue weighted by molar-refractivity contribution is 7.10. The lowest BCUT2D eigenvalue weighted by Crippen LogP contribution is -2.41. The van der Waals surface area contributed by atoms with Gasteiger partial charge in [-0.2, -0.15) is 0 Å².